The third-order valence-electron chi connectivity index (χ3n) is 3.83. The summed E-state index contributed by atoms with van der Waals surface area (Å²) in [5.74, 6) is 0. The summed E-state index contributed by atoms with van der Waals surface area (Å²) >= 11 is 0. The van der Waals surface area contributed by atoms with Gasteiger partial charge in [0.2, 0.25) is 0 Å². The van der Waals surface area contributed by atoms with Gasteiger partial charge in [-0.2, -0.15) is 0 Å². The molecule has 2 nitrogen and oxygen atoms in total. The summed E-state index contributed by atoms with van der Waals surface area (Å²) in [5, 5.41) is 9.09. The van der Waals surface area contributed by atoms with Crippen LogP contribution in [0.4, 0.5) is 0 Å². The van der Waals surface area contributed by atoms with E-state index in [4.69, 9.17) is 9.84 Å². The first-order valence-electron chi connectivity index (χ1n) is 5.84. The molecule has 1 N–H and O–H groups in total. The molecule has 2 fully saturated rings. The van der Waals surface area contributed by atoms with Crippen molar-refractivity contribution in [3.05, 3.63) is 0 Å². The lowest BCUT2D eigenvalue weighted by Crippen LogP contribution is -2.39. The van der Waals surface area contributed by atoms with Crippen LogP contribution in [0.2, 0.25) is 0 Å². The van der Waals surface area contributed by atoms with E-state index in [2.05, 4.69) is 13.8 Å². The van der Waals surface area contributed by atoms with Gasteiger partial charge < -0.3 is 9.84 Å². The fourth-order valence-electron chi connectivity index (χ4n) is 3.28. The van der Waals surface area contributed by atoms with Crippen LogP contribution in [0, 0.1) is 5.41 Å². The Bertz CT molecular complexity index is 212. The van der Waals surface area contributed by atoms with Crippen LogP contribution in [0.5, 0.6) is 0 Å². The normalized spacial score (nSPS) is 41.8. The van der Waals surface area contributed by atoms with Crippen molar-refractivity contribution < 1.29 is 9.84 Å². The number of hydrogen-bond donors (Lipinski definition) is 1. The van der Waals surface area contributed by atoms with E-state index in [1.54, 1.807) is 0 Å². The summed E-state index contributed by atoms with van der Waals surface area (Å²) in [6.45, 7) is 4.87. The van der Waals surface area contributed by atoms with Gasteiger partial charge >= 0.3 is 0 Å². The molecule has 1 heterocycles. The van der Waals surface area contributed by atoms with E-state index in [0.29, 0.717) is 5.41 Å². The molecule has 0 amide bonds. The molecule has 0 aromatic carbocycles. The van der Waals surface area contributed by atoms with Crippen molar-refractivity contribution >= 4 is 0 Å². The topological polar surface area (TPSA) is 29.5 Å². The molecule has 1 saturated heterocycles. The van der Waals surface area contributed by atoms with Crippen molar-refractivity contribution in [1.82, 2.24) is 0 Å². The Balaban J connectivity index is 2.03. The smallest absolute Gasteiger partial charge is 0.0814 e. The van der Waals surface area contributed by atoms with Crippen molar-refractivity contribution in [2.75, 3.05) is 6.61 Å². The van der Waals surface area contributed by atoms with E-state index >= 15 is 0 Å². The van der Waals surface area contributed by atoms with Gasteiger partial charge in [0, 0.05) is 0 Å². The summed E-state index contributed by atoms with van der Waals surface area (Å²) < 4.78 is 6.02. The molecule has 0 aromatic rings. The molecule has 0 aromatic heterocycles. The molecule has 1 aliphatic heterocycles. The summed E-state index contributed by atoms with van der Waals surface area (Å²) in [4.78, 5) is 0. The third kappa shape index (κ3) is 1.96. The molecule has 1 aliphatic carbocycles. The summed E-state index contributed by atoms with van der Waals surface area (Å²) in [7, 11) is 0. The lowest BCUT2D eigenvalue weighted by Gasteiger charge is -2.42. The predicted molar refractivity (Wildman–Crippen MR) is 56.2 cm³/mol. The van der Waals surface area contributed by atoms with Crippen molar-refractivity contribution in [3.8, 4) is 0 Å². The zero-order chi connectivity index (χ0) is 10.2. The van der Waals surface area contributed by atoms with Gasteiger partial charge in [0.1, 0.15) is 0 Å². The van der Waals surface area contributed by atoms with Crippen molar-refractivity contribution in [1.29, 1.82) is 0 Å². The molecule has 2 aliphatic rings. The van der Waals surface area contributed by atoms with E-state index in [0.717, 1.165) is 12.8 Å². The average molecular weight is 198 g/mol. The van der Waals surface area contributed by atoms with Crippen LogP contribution in [-0.4, -0.2) is 23.4 Å². The first kappa shape index (κ1) is 10.4. The van der Waals surface area contributed by atoms with Crippen LogP contribution in [0.25, 0.3) is 0 Å². The fraction of sp³-hybridized carbons (Fsp3) is 1.00. The maximum Gasteiger partial charge on any atom is 0.0814 e. The quantitative estimate of drug-likeness (QED) is 0.701. The standard InChI is InChI=1S/C12H22O2/c1-11(2)5-3-6-12(9-11)7-4-10(8-13)14-12/h10,13H,3-9H2,1-2H3/t10-,12+/m0/s1. The van der Waals surface area contributed by atoms with Gasteiger partial charge in [-0.3, -0.25) is 0 Å². The van der Waals surface area contributed by atoms with Gasteiger partial charge in [-0.1, -0.05) is 20.3 Å². The van der Waals surface area contributed by atoms with Gasteiger partial charge in [0.25, 0.3) is 0 Å². The van der Waals surface area contributed by atoms with Crippen molar-refractivity contribution in [2.45, 2.75) is 64.1 Å². The van der Waals surface area contributed by atoms with Crippen LogP contribution in [0.1, 0.15) is 52.4 Å². The highest BCUT2D eigenvalue weighted by atomic mass is 16.5. The van der Waals surface area contributed by atoms with E-state index in [9.17, 15) is 0 Å². The maximum atomic E-state index is 9.09. The number of rotatable bonds is 1. The van der Waals surface area contributed by atoms with Crippen molar-refractivity contribution in [2.24, 2.45) is 5.41 Å². The second-order valence-corrected chi connectivity index (χ2v) is 5.84. The third-order valence-corrected chi connectivity index (χ3v) is 3.83. The van der Waals surface area contributed by atoms with E-state index < -0.39 is 0 Å². The lowest BCUT2D eigenvalue weighted by molar-refractivity contribution is -0.101. The van der Waals surface area contributed by atoms with Gasteiger partial charge in [0.15, 0.2) is 0 Å². The van der Waals surface area contributed by atoms with Gasteiger partial charge in [0.05, 0.1) is 18.3 Å². The van der Waals surface area contributed by atoms with Gasteiger partial charge in [-0.25, -0.2) is 0 Å². The predicted octanol–water partition coefficient (Wildman–Crippen LogP) is 2.50. The van der Waals surface area contributed by atoms with E-state index in [1.807, 2.05) is 0 Å². The molecule has 0 unspecified atom stereocenters. The Morgan fingerprint density at radius 3 is 2.64 bits per heavy atom. The lowest BCUT2D eigenvalue weighted by atomic mass is 9.69. The second-order valence-electron chi connectivity index (χ2n) is 5.84. The summed E-state index contributed by atoms with van der Waals surface area (Å²) in [5.41, 5.74) is 0.553. The maximum absolute atomic E-state index is 9.09. The minimum absolute atomic E-state index is 0.115. The number of ether oxygens (including phenoxy) is 1. The molecular formula is C12H22O2. The Kier molecular flexibility index (Phi) is 2.61. The molecule has 14 heavy (non-hydrogen) atoms. The molecule has 0 bridgehead atoms. The van der Waals surface area contributed by atoms with Gasteiger partial charge in [-0.15, -0.1) is 0 Å². The molecule has 1 saturated carbocycles. The number of aliphatic hydroxyl groups is 1. The van der Waals surface area contributed by atoms with Crippen LogP contribution in [0.3, 0.4) is 0 Å². The highest BCUT2D eigenvalue weighted by Crippen LogP contribution is 2.48. The number of hydrogen-bond acceptors (Lipinski definition) is 2. The van der Waals surface area contributed by atoms with E-state index in [-0.39, 0.29) is 18.3 Å². The highest BCUT2D eigenvalue weighted by Gasteiger charge is 2.45. The van der Waals surface area contributed by atoms with Gasteiger partial charge in [-0.05, 0) is 37.5 Å². The second kappa shape index (κ2) is 3.49. The van der Waals surface area contributed by atoms with Crippen LogP contribution >= 0.6 is 0 Å². The Morgan fingerprint density at radius 2 is 2.07 bits per heavy atom. The minimum Gasteiger partial charge on any atom is -0.394 e. The molecular weight excluding hydrogens is 176 g/mol. The first-order chi connectivity index (χ1) is 6.55. The molecule has 2 heteroatoms. The molecule has 1 spiro atoms. The average Bonchev–Trinajstić information content (AvgIpc) is 2.46. The Labute approximate surface area is 86.6 Å². The minimum atomic E-state index is 0.115. The number of aliphatic hydroxyl groups excluding tert-OH is 1. The molecule has 0 radical (unpaired) electrons. The summed E-state index contributed by atoms with van der Waals surface area (Å²) in [6, 6.07) is 0. The monoisotopic (exact) mass is 198 g/mol. The molecule has 82 valence electrons. The molecule has 2 rings (SSSR count). The highest BCUT2D eigenvalue weighted by molar-refractivity contribution is 4.96. The Morgan fingerprint density at radius 1 is 1.29 bits per heavy atom. The van der Waals surface area contributed by atoms with Crippen molar-refractivity contribution in [3.63, 3.8) is 0 Å². The van der Waals surface area contributed by atoms with Crippen LogP contribution in [0.15, 0.2) is 0 Å². The SMILES string of the molecule is CC1(C)CCC[C@@]2(CC[C@@H](CO)O2)C1. The largest absolute Gasteiger partial charge is 0.394 e. The first-order valence-corrected chi connectivity index (χ1v) is 5.84. The summed E-state index contributed by atoms with van der Waals surface area (Å²) in [6.07, 6.45) is 7.30. The fourth-order valence-corrected chi connectivity index (χ4v) is 3.28. The van der Waals surface area contributed by atoms with E-state index in [1.165, 1.54) is 25.7 Å². The zero-order valence-corrected chi connectivity index (χ0v) is 9.38. The molecule has 2 atom stereocenters. The zero-order valence-electron chi connectivity index (χ0n) is 9.38. The Hall–Kier alpha value is -0.0800. The van der Waals surface area contributed by atoms with Crippen LogP contribution in [-0.2, 0) is 4.74 Å². The van der Waals surface area contributed by atoms with Crippen LogP contribution < -0.4 is 0 Å².